The fourth-order valence-electron chi connectivity index (χ4n) is 3.67. The Morgan fingerprint density at radius 2 is 2.22 bits per heavy atom. The molecule has 0 aromatic carbocycles. The summed E-state index contributed by atoms with van der Waals surface area (Å²) >= 11 is 6.83. The van der Waals surface area contributed by atoms with E-state index in [0.717, 1.165) is 0 Å². The zero-order chi connectivity index (χ0) is 23.4. The number of esters is 1. The number of imidazole rings is 1. The molecule has 6 atom stereocenters. The molecule has 2 aliphatic rings. The van der Waals surface area contributed by atoms with E-state index in [1.165, 1.54) is 17.8 Å². The molecule has 2 aromatic rings. The van der Waals surface area contributed by atoms with Gasteiger partial charge in [0.2, 0.25) is 5.95 Å². The lowest BCUT2D eigenvalue weighted by Gasteiger charge is -2.36. The Morgan fingerprint density at radius 3 is 2.91 bits per heavy atom. The third-order valence-corrected chi connectivity index (χ3v) is 7.20. The number of rotatable bonds is 5. The van der Waals surface area contributed by atoms with E-state index in [1.807, 2.05) is 0 Å². The summed E-state index contributed by atoms with van der Waals surface area (Å²) in [6, 6.07) is -0.948. The van der Waals surface area contributed by atoms with Crippen LogP contribution in [-0.4, -0.2) is 61.3 Å². The number of carbonyl (C=O) groups excluding carboxylic acids is 1. The van der Waals surface area contributed by atoms with E-state index in [2.05, 4.69) is 20.0 Å². The number of alkyl halides is 1. The zero-order valence-electron chi connectivity index (χ0n) is 17.8. The Labute approximate surface area is 187 Å². The second kappa shape index (κ2) is 8.08. The van der Waals surface area contributed by atoms with Gasteiger partial charge in [-0.1, -0.05) is 0 Å². The molecular weight excluding hydrogens is 467 g/mol. The molecule has 0 radical (unpaired) electrons. The largest absolute Gasteiger partial charge is 0.462 e. The van der Waals surface area contributed by atoms with Crippen LogP contribution in [0.25, 0.3) is 11.2 Å². The van der Waals surface area contributed by atoms with Crippen LogP contribution in [0.15, 0.2) is 11.1 Å². The predicted octanol–water partition coefficient (Wildman–Crippen LogP) is 1.05. The van der Waals surface area contributed by atoms with Crippen molar-refractivity contribution in [3.8, 4) is 0 Å². The van der Waals surface area contributed by atoms with Gasteiger partial charge in [-0.2, -0.15) is 4.98 Å². The van der Waals surface area contributed by atoms with E-state index in [9.17, 15) is 14.2 Å². The maximum Gasteiger partial charge on any atom is 0.406 e. The molecule has 0 bridgehead atoms. The Balaban J connectivity index is 1.58. The number of aromatic amines is 1. The Kier molecular flexibility index (Phi) is 5.85. The fourth-order valence-corrected chi connectivity index (χ4v) is 5.84. The molecule has 15 heteroatoms. The van der Waals surface area contributed by atoms with Crippen molar-refractivity contribution in [2.75, 3.05) is 12.3 Å². The maximum absolute atomic E-state index is 13.2. The highest BCUT2D eigenvalue weighted by Gasteiger charge is 2.60. The van der Waals surface area contributed by atoms with Crippen LogP contribution in [0.3, 0.4) is 0 Å². The molecule has 176 valence electrons. The van der Waals surface area contributed by atoms with Crippen LogP contribution in [0.4, 0.5) is 5.95 Å². The van der Waals surface area contributed by atoms with Crippen molar-refractivity contribution in [1.82, 2.24) is 24.6 Å². The summed E-state index contributed by atoms with van der Waals surface area (Å²) in [6.45, 7) is 6.43. The average Bonchev–Trinajstić information content (AvgIpc) is 3.19. The molecule has 2 saturated heterocycles. The van der Waals surface area contributed by atoms with Gasteiger partial charge >= 0.3 is 13.7 Å². The molecule has 0 amide bonds. The number of hydrogen-bond acceptors (Lipinski definition) is 10. The first kappa shape index (κ1) is 23.1. The number of hydrogen-bond donors (Lipinski definition) is 3. The molecule has 2 aliphatic heterocycles. The normalized spacial score (nSPS) is 33.4. The van der Waals surface area contributed by atoms with Gasteiger partial charge in [0.15, 0.2) is 17.4 Å². The van der Waals surface area contributed by atoms with Crippen molar-refractivity contribution >= 4 is 42.4 Å². The average molecular weight is 491 g/mol. The quantitative estimate of drug-likeness (QED) is 0.310. The summed E-state index contributed by atoms with van der Waals surface area (Å²) in [6.07, 6.45) is -1.43. The van der Waals surface area contributed by atoms with Crippen LogP contribution in [0.1, 0.15) is 33.9 Å². The van der Waals surface area contributed by atoms with Gasteiger partial charge < -0.3 is 15.2 Å². The van der Waals surface area contributed by atoms with E-state index >= 15 is 0 Å². The molecule has 0 spiro atoms. The third-order valence-electron chi connectivity index (χ3n) is 5.10. The molecule has 2 fully saturated rings. The molecule has 13 nitrogen and oxygen atoms in total. The zero-order valence-corrected chi connectivity index (χ0v) is 19.4. The molecule has 32 heavy (non-hydrogen) atoms. The second-order valence-electron chi connectivity index (χ2n) is 8.11. The third kappa shape index (κ3) is 4.04. The lowest BCUT2D eigenvalue weighted by molar-refractivity contribution is -0.149. The van der Waals surface area contributed by atoms with Gasteiger partial charge in [0.25, 0.3) is 5.56 Å². The monoisotopic (exact) mass is 490 g/mol. The highest BCUT2D eigenvalue weighted by atomic mass is 35.5. The molecule has 1 unspecified atom stereocenters. The van der Waals surface area contributed by atoms with Crippen molar-refractivity contribution in [2.24, 2.45) is 0 Å². The summed E-state index contributed by atoms with van der Waals surface area (Å²) in [5.41, 5.74) is 5.39. The van der Waals surface area contributed by atoms with Gasteiger partial charge in [-0.3, -0.25) is 28.2 Å². The number of nitrogens with one attached hydrogen (secondary N) is 2. The maximum atomic E-state index is 13.2. The lowest BCUT2D eigenvalue weighted by atomic mass is 10.0. The number of H-pyrrole nitrogens is 1. The van der Waals surface area contributed by atoms with Crippen LogP contribution in [0.2, 0.25) is 0 Å². The number of carbonyl (C=O) groups is 1. The number of nitrogens with two attached hydrogens (primary N) is 1. The van der Waals surface area contributed by atoms with Crippen molar-refractivity contribution in [2.45, 2.75) is 63.2 Å². The number of nitrogen functional groups attached to an aromatic ring is 1. The molecule has 4 rings (SSSR count). The molecular formula is C17H24ClN6O7P. The molecule has 4 heterocycles. The van der Waals surface area contributed by atoms with Gasteiger partial charge in [0, 0.05) is 0 Å². The molecule has 2 aromatic heterocycles. The Bertz CT molecular complexity index is 1150. The summed E-state index contributed by atoms with van der Waals surface area (Å²) in [4.78, 5) is 33.5. The molecule has 0 saturated carbocycles. The SMILES string of the molecule is CC(C)OC(=O)[C@H](C)NP1(=O)OC[C@H]2O[C@@H](n3cnc4c(=O)[nH]c(N)nc43)[C@](C)(Cl)[C@@H]2O1. The highest BCUT2D eigenvalue weighted by Crippen LogP contribution is 2.57. The topological polar surface area (TPSA) is 173 Å². The summed E-state index contributed by atoms with van der Waals surface area (Å²) < 4.78 is 36.9. The summed E-state index contributed by atoms with van der Waals surface area (Å²) in [7, 11) is -3.91. The standard InChI is InChI=1S/C17H24ClN6O7P/c1-7(2)29-14(26)8(3)23-32(27)28-5-9-11(31-32)17(4,18)15(30-9)24-6-20-10-12(24)21-16(19)22-13(10)25/h6-9,11,15H,5H2,1-4H3,(H,23,27)(H3,19,21,22,25)/t8-,9+,11+,15+,17+,32?/m0/s1. The van der Waals surface area contributed by atoms with Crippen LogP contribution in [0, 0.1) is 0 Å². The Hall–Kier alpha value is -2.02. The number of aromatic nitrogens is 4. The molecule has 0 aliphatic carbocycles. The predicted molar refractivity (Wildman–Crippen MR) is 113 cm³/mol. The second-order valence-corrected chi connectivity index (χ2v) is 10.6. The van der Waals surface area contributed by atoms with Gasteiger partial charge in [-0.15, -0.1) is 11.6 Å². The Morgan fingerprint density at radius 1 is 1.50 bits per heavy atom. The van der Waals surface area contributed by atoms with Crippen molar-refractivity contribution in [3.05, 3.63) is 16.7 Å². The van der Waals surface area contributed by atoms with E-state index in [0.29, 0.717) is 0 Å². The van der Waals surface area contributed by atoms with E-state index < -0.39 is 48.6 Å². The number of ether oxygens (including phenoxy) is 2. The number of fused-ring (bicyclic) bond motifs is 2. The minimum atomic E-state index is -3.91. The van der Waals surface area contributed by atoms with E-state index in [4.69, 9.17) is 35.9 Å². The lowest BCUT2D eigenvalue weighted by Crippen LogP contribution is -2.47. The smallest absolute Gasteiger partial charge is 0.406 e. The van der Waals surface area contributed by atoms with Crippen molar-refractivity contribution in [1.29, 1.82) is 0 Å². The number of nitrogens with zero attached hydrogens (tertiary/aromatic N) is 3. The first-order valence-corrected chi connectivity index (χ1v) is 11.8. The number of halogens is 1. The van der Waals surface area contributed by atoms with Crippen LogP contribution < -0.4 is 16.4 Å². The summed E-state index contributed by atoms with van der Waals surface area (Å²) in [5, 5.41) is 2.57. The van der Waals surface area contributed by atoms with Crippen LogP contribution >= 0.6 is 19.3 Å². The fraction of sp³-hybridized carbons (Fsp3) is 0.647. The van der Waals surface area contributed by atoms with Crippen molar-refractivity contribution in [3.63, 3.8) is 0 Å². The van der Waals surface area contributed by atoms with Gasteiger partial charge in [-0.05, 0) is 27.7 Å². The minimum Gasteiger partial charge on any atom is -0.462 e. The molecule has 4 N–H and O–H groups in total. The van der Waals surface area contributed by atoms with Crippen LogP contribution in [-0.2, 0) is 27.9 Å². The highest BCUT2D eigenvalue weighted by molar-refractivity contribution is 7.51. The number of anilines is 1. The van der Waals surface area contributed by atoms with E-state index in [-0.39, 0.29) is 29.8 Å². The van der Waals surface area contributed by atoms with Crippen molar-refractivity contribution < 1.29 is 27.9 Å². The van der Waals surface area contributed by atoms with Gasteiger partial charge in [0.05, 0.1) is 19.0 Å². The van der Waals surface area contributed by atoms with Gasteiger partial charge in [-0.25, -0.2) is 14.6 Å². The van der Waals surface area contributed by atoms with Crippen LogP contribution in [0.5, 0.6) is 0 Å². The first-order valence-electron chi connectivity index (χ1n) is 9.89. The van der Waals surface area contributed by atoms with E-state index in [1.54, 1.807) is 20.8 Å². The first-order chi connectivity index (χ1) is 14.9. The van der Waals surface area contributed by atoms with Gasteiger partial charge in [0.1, 0.15) is 23.1 Å². The minimum absolute atomic E-state index is 0.0622. The summed E-state index contributed by atoms with van der Waals surface area (Å²) in [5.74, 6) is -0.691.